The van der Waals surface area contributed by atoms with Gasteiger partial charge in [-0.05, 0) is 0 Å². The molecule has 1 unspecified atom stereocenters. The van der Waals surface area contributed by atoms with Crippen LogP contribution in [0, 0.1) is 59.1 Å². The second kappa shape index (κ2) is 7.65. The van der Waals surface area contributed by atoms with E-state index < -0.39 is 0 Å². The summed E-state index contributed by atoms with van der Waals surface area (Å²) in [5.41, 5.74) is 0. The molecule has 10 heavy (non-hydrogen) atoms. The molecule has 0 spiro atoms. The molecule has 1 rings (SSSR count). The molecule has 0 N–H and O–H groups in total. The Morgan fingerprint density at radius 1 is 1.60 bits per heavy atom. The van der Waals surface area contributed by atoms with E-state index in [0.717, 1.165) is 12.8 Å². The van der Waals surface area contributed by atoms with E-state index in [2.05, 4.69) is 5.18 Å². The first-order chi connectivity index (χ1) is 3.93. The average molecular weight is 276 g/mol. The van der Waals surface area contributed by atoms with Crippen LogP contribution in [0.15, 0.2) is 17.3 Å². The van der Waals surface area contributed by atoms with Crippen LogP contribution in [0.25, 0.3) is 0 Å². The first-order valence-corrected chi connectivity index (χ1v) is 2.76. The number of nitroso groups, excluding NO2 is 1. The zero-order chi connectivity index (χ0) is 5.82. The third-order valence-corrected chi connectivity index (χ3v) is 1.23. The Hall–Kier alpha value is 0.548. The normalized spacial score (nSPS) is 21.4. The smallest absolute Gasteiger partial charge is 0.0453 e. The second-order valence-corrected chi connectivity index (χ2v) is 1.87. The van der Waals surface area contributed by atoms with Crippen molar-refractivity contribution in [1.29, 1.82) is 0 Å². The minimum Gasteiger partial charge on any atom is -0.358 e. The molecule has 0 saturated heterocycles. The molecule has 0 radical (unpaired) electrons. The third-order valence-electron chi connectivity index (χ3n) is 1.23. The van der Waals surface area contributed by atoms with Crippen LogP contribution in [0.1, 0.15) is 12.8 Å². The molecule has 0 aromatic carbocycles. The van der Waals surface area contributed by atoms with E-state index in [-0.39, 0.29) is 53.9 Å². The monoisotopic (exact) mass is 277 g/mol. The molecule has 0 aliphatic heterocycles. The fraction of sp³-hybridized carbons (Fsp3) is 0.429. The van der Waals surface area contributed by atoms with E-state index in [9.17, 15) is 4.91 Å². The van der Waals surface area contributed by atoms with Crippen molar-refractivity contribution in [3.8, 4) is 0 Å². The summed E-state index contributed by atoms with van der Waals surface area (Å²) < 4.78 is 0. The first-order valence-electron chi connectivity index (χ1n) is 2.76. The Balaban J connectivity index is 0. The van der Waals surface area contributed by atoms with Gasteiger partial charge in [0.2, 0.25) is 0 Å². The Morgan fingerprint density at radius 2 is 2.30 bits per heavy atom. The predicted molar refractivity (Wildman–Crippen MR) is 38.7 cm³/mol. The summed E-state index contributed by atoms with van der Waals surface area (Å²) in [6.07, 6.45) is 7.65. The molecule has 0 heterocycles. The minimum absolute atomic E-state index is 0. The standard InChI is InChI=1S/C6H8NO.CH3.Sm/c8-7-6-4-2-1-3-5-6;;/h1-2,4,6H,3,5H2;1H3;/q2*-1;. The van der Waals surface area contributed by atoms with Gasteiger partial charge in [-0.15, -0.1) is 6.42 Å². The maximum atomic E-state index is 9.84. The maximum Gasteiger partial charge on any atom is 0.0453 e. The number of hydrogen-bond acceptors (Lipinski definition) is 2. The topological polar surface area (TPSA) is 29.4 Å². The van der Waals surface area contributed by atoms with Crippen LogP contribution in [-0.2, 0) is 0 Å². The van der Waals surface area contributed by atoms with Crippen molar-refractivity contribution in [1.82, 2.24) is 0 Å². The van der Waals surface area contributed by atoms with Crippen LogP contribution in [-0.4, -0.2) is 6.04 Å². The predicted octanol–water partition coefficient (Wildman–Crippen LogP) is 2.13. The van der Waals surface area contributed by atoms with Crippen LogP contribution >= 0.6 is 0 Å². The Morgan fingerprint density at radius 3 is 2.60 bits per heavy atom. The summed E-state index contributed by atoms with van der Waals surface area (Å²) in [4.78, 5) is 9.84. The van der Waals surface area contributed by atoms with Crippen LogP contribution in [0.3, 0.4) is 0 Å². The molecular formula is C7H11NOSm-2. The van der Waals surface area contributed by atoms with Crippen LogP contribution in [0.4, 0.5) is 0 Å². The number of hydrogen-bond donors (Lipinski definition) is 0. The van der Waals surface area contributed by atoms with E-state index >= 15 is 0 Å². The maximum absolute atomic E-state index is 9.84. The van der Waals surface area contributed by atoms with E-state index in [0.29, 0.717) is 0 Å². The van der Waals surface area contributed by atoms with Gasteiger partial charge in [0.1, 0.15) is 0 Å². The summed E-state index contributed by atoms with van der Waals surface area (Å²) in [6, 6.07) is -0.0556. The molecule has 0 amide bonds. The van der Waals surface area contributed by atoms with Crippen LogP contribution in [0.2, 0.25) is 0 Å². The summed E-state index contributed by atoms with van der Waals surface area (Å²) in [7, 11) is 0. The SMILES string of the molecule is O=NC1C=C[CH-]CC1.[CH3-].[Sm]. The zero-order valence-electron chi connectivity index (χ0n) is 5.99. The molecule has 1 aliphatic rings. The Kier molecular flexibility index (Phi) is 10.1. The van der Waals surface area contributed by atoms with Gasteiger partial charge in [-0.2, -0.15) is 4.91 Å². The Labute approximate surface area is 94.5 Å². The Bertz CT molecular complexity index is 114. The van der Waals surface area contributed by atoms with Gasteiger partial charge < -0.3 is 7.43 Å². The largest absolute Gasteiger partial charge is 0.358 e. The van der Waals surface area contributed by atoms with Gasteiger partial charge in [0.15, 0.2) is 0 Å². The van der Waals surface area contributed by atoms with Crippen molar-refractivity contribution in [2.75, 3.05) is 0 Å². The summed E-state index contributed by atoms with van der Waals surface area (Å²) in [6.45, 7) is 0. The third kappa shape index (κ3) is 4.38. The van der Waals surface area contributed by atoms with E-state index in [1.165, 1.54) is 0 Å². The molecule has 2 nitrogen and oxygen atoms in total. The van der Waals surface area contributed by atoms with Gasteiger partial charge in [-0.25, -0.2) is 18.6 Å². The van der Waals surface area contributed by atoms with Crippen molar-refractivity contribution < 1.29 is 40.4 Å². The minimum atomic E-state index is -0.0556. The van der Waals surface area contributed by atoms with E-state index in [1.807, 2.05) is 18.6 Å². The molecule has 58 valence electrons. The summed E-state index contributed by atoms with van der Waals surface area (Å²) in [5, 5.41) is 2.89. The van der Waals surface area contributed by atoms with Crippen LogP contribution in [0.5, 0.6) is 0 Å². The molecular weight excluding hydrogens is 264 g/mol. The molecule has 0 saturated carbocycles. The number of nitrogens with zero attached hydrogens (tertiary/aromatic N) is 1. The first kappa shape index (κ1) is 13.2. The van der Waals surface area contributed by atoms with Gasteiger partial charge in [0.05, 0.1) is 0 Å². The quantitative estimate of drug-likeness (QED) is 0.532. The molecule has 3 heteroatoms. The average Bonchev–Trinajstić information content (AvgIpc) is 1.90. The second-order valence-electron chi connectivity index (χ2n) is 1.87. The van der Waals surface area contributed by atoms with Crippen molar-refractivity contribution in [3.63, 3.8) is 0 Å². The fourth-order valence-corrected chi connectivity index (χ4v) is 0.754. The number of rotatable bonds is 1. The van der Waals surface area contributed by atoms with Gasteiger partial charge in [-0.3, -0.25) is 0 Å². The van der Waals surface area contributed by atoms with E-state index in [1.54, 1.807) is 0 Å². The van der Waals surface area contributed by atoms with Crippen molar-refractivity contribution in [2.45, 2.75) is 18.9 Å². The van der Waals surface area contributed by atoms with Gasteiger partial charge >= 0.3 is 0 Å². The van der Waals surface area contributed by atoms with Crippen molar-refractivity contribution >= 4 is 0 Å². The number of allylic oxidation sites excluding steroid dienone is 1. The summed E-state index contributed by atoms with van der Waals surface area (Å²) >= 11 is 0. The van der Waals surface area contributed by atoms with E-state index in [4.69, 9.17) is 0 Å². The molecule has 0 aromatic heterocycles. The van der Waals surface area contributed by atoms with Crippen LogP contribution < -0.4 is 0 Å². The fourth-order valence-electron chi connectivity index (χ4n) is 0.754. The van der Waals surface area contributed by atoms with Gasteiger partial charge in [-0.1, -0.05) is 11.6 Å². The van der Waals surface area contributed by atoms with Crippen molar-refractivity contribution in [3.05, 3.63) is 30.9 Å². The molecule has 1 aliphatic carbocycles. The molecule has 1 atom stereocenters. The summed E-state index contributed by atoms with van der Waals surface area (Å²) in [5.74, 6) is 0. The molecule has 0 fully saturated rings. The molecule has 0 bridgehead atoms. The van der Waals surface area contributed by atoms with Gasteiger partial charge in [0, 0.05) is 46.4 Å². The van der Waals surface area contributed by atoms with Crippen molar-refractivity contribution in [2.24, 2.45) is 5.18 Å². The van der Waals surface area contributed by atoms with Gasteiger partial charge in [0.25, 0.3) is 0 Å². The zero-order valence-corrected chi connectivity index (χ0v) is 8.61. The molecule has 0 aromatic rings.